The van der Waals surface area contributed by atoms with Gasteiger partial charge in [0.1, 0.15) is 17.8 Å². The molecule has 2 saturated heterocycles. The van der Waals surface area contributed by atoms with Crippen LogP contribution in [0.25, 0.3) is 0 Å². The maximum Gasteiger partial charge on any atom is 0.218 e. The van der Waals surface area contributed by atoms with Crippen LogP contribution in [-0.2, 0) is 9.47 Å². The quantitative estimate of drug-likeness (QED) is 0.512. The highest BCUT2D eigenvalue weighted by molar-refractivity contribution is 5.30. The maximum absolute atomic E-state index is 9.64. The summed E-state index contributed by atoms with van der Waals surface area (Å²) in [5.41, 5.74) is -2.15. The van der Waals surface area contributed by atoms with Gasteiger partial charge in [0, 0.05) is 0 Å². The number of rotatable bonds is 1. The molecule has 5 heteroatoms. The minimum atomic E-state index is -1.19. The summed E-state index contributed by atoms with van der Waals surface area (Å²) in [5.74, 6) is 0. The summed E-state index contributed by atoms with van der Waals surface area (Å²) >= 11 is 0. The number of aliphatic imine (C=N–C) groups is 1. The van der Waals surface area contributed by atoms with Crippen molar-refractivity contribution >= 4 is 6.72 Å². The van der Waals surface area contributed by atoms with Crippen molar-refractivity contribution in [1.29, 1.82) is 0 Å². The fourth-order valence-corrected chi connectivity index (χ4v) is 2.05. The minimum absolute atomic E-state index is 0.118. The Balaban J connectivity index is 2.44. The Hall–Kier alpha value is -0.490. The average molecular weight is 187 g/mol. The van der Waals surface area contributed by atoms with Crippen molar-refractivity contribution in [3.63, 3.8) is 0 Å². The van der Waals surface area contributed by atoms with Gasteiger partial charge in [0.05, 0.1) is 13.2 Å². The van der Waals surface area contributed by atoms with Gasteiger partial charge in [0.2, 0.25) is 5.72 Å². The number of hydrogen-bond acceptors (Lipinski definition) is 5. The number of aliphatic hydroxyl groups excluding tert-OH is 2. The minimum Gasteiger partial charge on any atom is -0.387 e. The second-order valence-corrected chi connectivity index (χ2v) is 3.62. The van der Waals surface area contributed by atoms with E-state index in [4.69, 9.17) is 9.47 Å². The summed E-state index contributed by atoms with van der Waals surface area (Å²) in [6.07, 6.45) is -1.62. The van der Waals surface area contributed by atoms with E-state index < -0.39 is 23.5 Å². The molecule has 2 heterocycles. The first kappa shape index (κ1) is 9.08. The molecule has 2 rings (SSSR count). The van der Waals surface area contributed by atoms with Gasteiger partial charge in [-0.15, -0.1) is 0 Å². The summed E-state index contributed by atoms with van der Waals surface area (Å²) < 4.78 is 10.6. The Morgan fingerprint density at radius 1 is 1.31 bits per heavy atom. The summed E-state index contributed by atoms with van der Waals surface area (Å²) in [6.45, 7) is 5.29. The standard InChI is InChI=1S/C8H13NO4/c1-7-5(10)3-13-8(7,9-2)6(11)4-12-7/h5-6,10-11H,2-4H2,1H3/t5?,6?,7?,8-/m1/s1. The van der Waals surface area contributed by atoms with Crippen LogP contribution in [0.5, 0.6) is 0 Å². The van der Waals surface area contributed by atoms with Gasteiger partial charge in [-0.3, -0.25) is 4.99 Å². The van der Waals surface area contributed by atoms with Crippen molar-refractivity contribution in [3.8, 4) is 0 Å². The lowest BCUT2D eigenvalue weighted by Crippen LogP contribution is -2.54. The molecule has 4 atom stereocenters. The van der Waals surface area contributed by atoms with Crippen molar-refractivity contribution in [2.45, 2.75) is 30.5 Å². The van der Waals surface area contributed by atoms with Gasteiger partial charge in [0.25, 0.3) is 0 Å². The Kier molecular flexibility index (Phi) is 1.75. The third-order valence-electron chi connectivity index (χ3n) is 3.04. The highest BCUT2D eigenvalue weighted by atomic mass is 16.6. The number of nitrogens with zero attached hydrogens (tertiary/aromatic N) is 1. The summed E-state index contributed by atoms with van der Waals surface area (Å²) in [5, 5.41) is 19.3. The van der Waals surface area contributed by atoms with Crippen LogP contribution in [0.4, 0.5) is 0 Å². The van der Waals surface area contributed by atoms with Crippen molar-refractivity contribution in [2.24, 2.45) is 4.99 Å². The van der Waals surface area contributed by atoms with Gasteiger partial charge in [-0.1, -0.05) is 0 Å². The molecule has 0 spiro atoms. The van der Waals surface area contributed by atoms with E-state index in [1.165, 1.54) is 0 Å². The summed E-state index contributed by atoms with van der Waals surface area (Å²) in [4.78, 5) is 3.78. The molecule has 0 saturated carbocycles. The average Bonchev–Trinajstić information content (AvgIpc) is 2.52. The first-order chi connectivity index (χ1) is 6.07. The highest BCUT2D eigenvalue weighted by Gasteiger charge is 2.67. The molecule has 0 amide bonds. The fourth-order valence-electron chi connectivity index (χ4n) is 2.05. The van der Waals surface area contributed by atoms with Gasteiger partial charge in [-0.2, -0.15) is 0 Å². The molecule has 3 unspecified atom stereocenters. The highest BCUT2D eigenvalue weighted by Crippen LogP contribution is 2.46. The molecule has 2 aliphatic heterocycles. The van der Waals surface area contributed by atoms with Gasteiger partial charge in [-0.05, 0) is 13.6 Å². The van der Waals surface area contributed by atoms with Crippen LogP contribution < -0.4 is 0 Å². The molecular weight excluding hydrogens is 174 g/mol. The van der Waals surface area contributed by atoms with Gasteiger partial charge in [-0.25, -0.2) is 0 Å². The third kappa shape index (κ3) is 0.826. The zero-order chi connectivity index (χ0) is 9.69. The summed E-state index contributed by atoms with van der Waals surface area (Å²) in [7, 11) is 0. The molecule has 13 heavy (non-hydrogen) atoms. The van der Waals surface area contributed by atoms with Crippen molar-refractivity contribution < 1.29 is 19.7 Å². The zero-order valence-electron chi connectivity index (χ0n) is 7.43. The second kappa shape index (κ2) is 2.51. The Morgan fingerprint density at radius 2 is 1.92 bits per heavy atom. The van der Waals surface area contributed by atoms with Gasteiger partial charge >= 0.3 is 0 Å². The van der Waals surface area contributed by atoms with E-state index in [1.807, 2.05) is 0 Å². The zero-order valence-corrected chi connectivity index (χ0v) is 7.43. The van der Waals surface area contributed by atoms with E-state index in [9.17, 15) is 10.2 Å². The molecule has 74 valence electrons. The molecule has 0 aliphatic carbocycles. The van der Waals surface area contributed by atoms with Crippen LogP contribution in [0.2, 0.25) is 0 Å². The van der Waals surface area contributed by atoms with Crippen LogP contribution in [0.15, 0.2) is 4.99 Å². The maximum atomic E-state index is 9.64. The Morgan fingerprint density at radius 3 is 2.46 bits per heavy atom. The van der Waals surface area contributed by atoms with E-state index in [2.05, 4.69) is 11.7 Å². The first-order valence-corrected chi connectivity index (χ1v) is 4.19. The molecule has 5 nitrogen and oxygen atoms in total. The third-order valence-corrected chi connectivity index (χ3v) is 3.04. The van der Waals surface area contributed by atoms with Crippen LogP contribution in [0, 0.1) is 0 Å². The Bertz CT molecular complexity index is 246. The van der Waals surface area contributed by atoms with Crippen LogP contribution in [-0.4, -0.2) is 53.7 Å². The topological polar surface area (TPSA) is 71.3 Å². The molecule has 2 fully saturated rings. The lowest BCUT2D eigenvalue weighted by Gasteiger charge is -2.33. The van der Waals surface area contributed by atoms with E-state index >= 15 is 0 Å². The van der Waals surface area contributed by atoms with Crippen LogP contribution in [0.3, 0.4) is 0 Å². The largest absolute Gasteiger partial charge is 0.387 e. The molecule has 0 aromatic heterocycles. The molecule has 0 radical (unpaired) electrons. The Labute approximate surface area is 76.0 Å². The number of aliphatic hydroxyl groups is 2. The lowest BCUT2D eigenvalue weighted by atomic mass is 9.89. The monoisotopic (exact) mass is 187 g/mol. The van der Waals surface area contributed by atoms with E-state index in [1.54, 1.807) is 6.92 Å². The predicted molar refractivity (Wildman–Crippen MR) is 44.6 cm³/mol. The van der Waals surface area contributed by atoms with Crippen LogP contribution >= 0.6 is 0 Å². The van der Waals surface area contributed by atoms with E-state index in [0.717, 1.165) is 0 Å². The van der Waals surface area contributed by atoms with Gasteiger partial charge in [0.15, 0.2) is 0 Å². The predicted octanol–water partition coefficient (Wildman–Crippen LogP) is -1.08. The van der Waals surface area contributed by atoms with Crippen molar-refractivity contribution in [1.82, 2.24) is 0 Å². The molecule has 0 aromatic rings. The van der Waals surface area contributed by atoms with Crippen molar-refractivity contribution in [3.05, 3.63) is 0 Å². The molecule has 2 N–H and O–H groups in total. The van der Waals surface area contributed by atoms with E-state index in [-0.39, 0.29) is 13.2 Å². The molecular formula is C8H13NO4. The molecule has 2 aliphatic rings. The second-order valence-electron chi connectivity index (χ2n) is 3.62. The van der Waals surface area contributed by atoms with Crippen LogP contribution in [0.1, 0.15) is 6.92 Å². The number of fused-ring (bicyclic) bond motifs is 1. The molecule has 0 aromatic carbocycles. The number of ether oxygens (including phenoxy) is 2. The summed E-state index contributed by atoms with van der Waals surface area (Å²) in [6, 6.07) is 0. The lowest BCUT2D eigenvalue weighted by molar-refractivity contribution is -0.112. The SMILES string of the molecule is C=N[C@]12OCC(O)C1(C)OCC2O. The normalized spacial score (nSPS) is 55.0. The fraction of sp³-hybridized carbons (Fsp3) is 0.875. The molecule has 0 bridgehead atoms. The van der Waals surface area contributed by atoms with E-state index in [0.29, 0.717) is 0 Å². The van der Waals surface area contributed by atoms with Crippen molar-refractivity contribution in [2.75, 3.05) is 13.2 Å². The van der Waals surface area contributed by atoms with Gasteiger partial charge < -0.3 is 19.7 Å². The smallest absolute Gasteiger partial charge is 0.218 e. The first-order valence-electron chi connectivity index (χ1n) is 4.19. The number of hydrogen-bond donors (Lipinski definition) is 2.